The third-order valence-electron chi connectivity index (χ3n) is 10.3. The van der Waals surface area contributed by atoms with Crippen molar-refractivity contribution in [2.75, 3.05) is 0 Å². The highest BCUT2D eigenvalue weighted by Gasteiger charge is 2.21. The van der Waals surface area contributed by atoms with Gasteiger partial charge in [0.2, 0.25) is 5.71 Å². The molecule has 0 aliphatic rings. The van der Waals surface area contributed by atoms with Crippen molar-refractivity contribution in [3.05, 3.63) is 176 Å². The quantitative estimate of drug-likeness (QED) is 0.166. The Morgan fingerprint density at radius 3 is 1.62 bits per heavy atom. The van der Waals surface area contributed by atoms with Gasteiger partial charge in [-0.3, -0.25) is 0 Å². The highest BCUT2D eigenvalue weighted by Crippen LogP contribution is 2.40. The average Bonchev–Trinajstić information content (AvgIpc) is 3.64. The molecule has 0 aliphatic carbocycles. The van der Waals surface area contributed by atoms with Crippen LogP contribution in [0.2, 0.25) is 0 Å². The minimum atomic E-state index is 0.538. The molecule has 0 atom stereocenters. The Kier molecular flexibility index (Phi) is 7.07. The van der Waals surface area contributed by atoms with Gasteiger partial charge in [-0.25, -0.2) is 19.9 Å². The lowest BCUT2D eigenvalue weighted by molar-refractivity contribution is 0.653. The Hall–Kier alpha value is -7.57. The van der Waals surface area contributed by atoms with Crippen molar-refractivity contribution in [1.29, 1.82) is 0 Å². The number of benzene rings is 8. The summed E-state index contributed by atoms with van der Waals surface area (Å²) in [6.45, 7) is 0. The van der Waals surface area contributed by atoms with E-state index in [2.05, 4.69) is 97.1 Å². The normalized spacial score (nSPS) is 11.6. The highest BCUT2D eigenvalue weighted by molar-refractivity contribution is 6.14. The third-order valence-corrected chi connectivity index (χ3v) is 10.3. The predicted molar refractivity (Wildman–Crippen MR) is 222 cm³/mol. The topological polar surface area (TPSA) is 77.6 Å². The molecule has 0 saturated heterocycles. The van der Waals surface area contributed by atoms with E-state index in [1.807, 2.05) is 78.9 Å². The second kappa shape index (κ2) is 12.5. The highest BCUT2D eigenvalue weighted by atomic mass is 16.3. The van der Waals surface area contributed by atoms with Crippen LogP contribution in [0.3, 0.4) is 0 Å². The largest absolute Gasteiger partial charge is 0.438 e. The van der Waals surface area contributed by atoms with Gasteiger partial charge in [0.1, 0.15) is 5.58 Å². The van der Waals surface area contributed by atoms with E-state index in [0.717, 1.165) is 76.8 Å². The van der Waals surface area contributed by atoms with E-state index in [-0.39, 0.29) is 0 Å². The summed E-state index contributed by atoms with van der Waals surface area (Å²) in [5, 5.41) is 8.45. The second-order valence-electron chi connectivity index (χ2n) is 13.6. The van der Waals surface area contributed by atoms with E-state index >= 15 is 0 Å². The summed E-state index contributed by atoms with van der Waals surface area (Å²) in [5.41, 5.74) is 6.65. The monoisotopic (exact) mass is 703 g/mol. The van der Waals surface area contributed by atoms with Gasteiger partial charge in [0, 0.05) is 33.2 Å². The first-order chi connectivity index (χ1) is 27.2. The summed E-state index contributed by atoms with van der Waals surface area (Å²) in [4.78, 5) is 26.0. The molecule has 0 N–H and O–H groups in total. The van der Waals surface area contributed by atoms with Gasteiger partial charge in [-0.05, 0) is 56.6 Å². The maximum absolute atomic E-state index is 6.41. The van der Waals surface area contributed by atoms with Crippen molar-refractivity contribution >= 4 is 54.4 Å². The maximum Gasteiger partial charge on any atom is 0.231 e. The van der Waals surface area contributed by atoms with Gasteiger partial charge in [0.05, 0.1) is 11.1 Å². The molecule has 0 fully saturated rings. The number of furan rings is 1. The first kappa shape index (κ1) is 31.0. The van der Waals surface area contributed by atoms with Crippen molar-refractivity contribution in [2.24, 2.45) is 0 Å². The van der Waals surface area contributed by atoms with E-state index in [9.17, 15) is 0 Å². The zero-order chi connectivity index (χ0) is 36.3. The van der Waals surface area contributed by atoms with Crippen LogP contribution in [-0.4, -0.2) is 24.9 Å². The Balaban J connectivity index is 1.18. The molecule has 0 unspecified atom stereocenters. The van der Waals surface area contributed by atoms with Gasteiger partial charge < -0.3 is 4.42 Å². The molecule has 0 spiro atoms. The maximum atomic E-state index is 6.41. The lowest BCUT2D eigenvalue weighted by atomic mass is 9.96. The Morgan fingerprint density at radius 2 is 0.855 bits per heavy atom. The van der Waals surface area contributed by atoms with Crippen LogP contribution in [0, 0.1) is 0 Å². The molecule has 8 aromatic carbocycles. The molecule has 6 heteroatoms. The van der Waals surface area contributed by atoms with Gasteiger partial charge in [-0.1, -0.05) is 152 Å². The van der Waals surface area contributed by atoms with Crippen molar-refractivity contribution in [3.8, 4) is 56.8 Å². The zero-order valence-electron chi connectivity index (χ0n) is 29.4. The Morgan fingerprint density at radius 1 is 0.327 bits per heavy atom. The summed E-state index contributed by atoms with van der Waals surface area (Å²) in [6, 6.07) is 60.0. The van der Waals surface area contributed by atoms with Gasteiger partial charge in [0.15, 0.2) is 23.3 Å². The van der Waals surface area contributed by atoms with Gasteiger partial charge in [0.25, 0.3) is 0 Å². The summed E-state index contributed by atoms with van der Waals surface area (Å²) in [5.74, 6) is 2.31. The van der Waals surface area contributed by atoms with Crippen molar-refractivity contribution in [3.63, 3.8) is 0 Å². The van der Waals surface area contributed by atoms with Crippen LogP contribution in [0.5, 0.6) is 0 Å². The predicted octanol–water partition coefficient (Wildman–Crippen LogP) is 12.4. The van der Waals surface area contributed by atoms with E-state index in [4.69, 9.17) is 29.3 Å². The molecular weight excluding hydrogens is 675 g/mol. The van der Waals surface area contributed by atoms with Crippen LogP contribution in [0.25, 0.3) is 111 Å². The van der Waals surface area contributed by atoms with Crippen LogP contribution in [0.4, 0.5) is 0 Å². The molecule has 0 bridgehead atoms. The second-order valence-corrected chi connectivity index (χ2v) is 13.6. The summed E-state index contributed by atoms with van der Waals surface area (Å²) < 4.78 is 6.41. The number of para-hydroxylation sites is 1. The first-order valence-electron chi connectivity index (χ1n) is 18.3. The standard InChI is InChI=1S/C49H29N5O/c1-3-15-30(16-4-1)44-43-39-25-13-14-26-42(39)55-49(43)54-47(50-44)40-29-34(27-32-19-7-10-22-36(32)40)46-51-45(31-17-5-2-6-18-31)52-48(53-46)41-28-33-20-8-9-21-35(33)37-23-11-12-24-38(37)41/h1-29H. The van der Waals surface area contributed by atoms with E-state index in [0.29, 0.717) is 29.0 Å². The number of hydrogen-bond acceptors (Lipinski definition) is 6. The summed E-state index contributed by atoms with van der Waals surface area (Å²) >= 11 is 0. The molecule has 0 radical (unpaired) electrons. The molecule has 256 valence electrons. The molecule has 11 aromatic rings. The third kappa shape index (κ3) is 5.23. The van der Waals surface area contributed by atoms with Gasteiger partial charge >= 0.3 is 0 Å². The minimum Gasteiger partial charge on any atom is -0.438 e. The number of hydrogen-bond donors (Lipinski definition) is 0. The molecule has 0 amide bonds. The zero-order valence-corrected chi connectivity index (χ0v) is 29.4. The summed E-state index contributed by atoms with van der Waals surface area (Å²) in [6.07, 6.45) is 0. The minimum absolute atomic E-state index is 0.538. The van der Waals surface area contributed by atoms with Crippen LogP contribution in [-0.2, 0) is 0 Å². The molecular formula is C49H29N5O. The number of rotatable bonds is 5. The average molecular weight is 704 g/mol. The first-order valence-corrected chi connectivity index (χ1v) is 18.3. The number of aromatic nitrogens is 5. The van der Waals surface area contributed by atoms with Crippen LogP contribution >= 0.6 is 0 Å². The number of nitrogens with zero attached hydrogens (tertiary/aromatic N) is 5. The van der Waals surface area contributed by atoms with Crippen molar-refractivity contribution in [1.82, 2.24) is 24.9 Å². The Labute approximate surface area is 315 Å². The fourth-order valence-corrected chi connectivity index (χ4v) is 7.75. The van der Waals surface area contributed by atoms with E-state index in [1.165, 1.54) is 5.39 Å². The number of fused-ring (bicyclic) bond motifs is 7. The molecule has 55 heavy (non-hydrogen) atoms. The Bertz CT molecular complexity index is 3270. The lowest BCUT2D eigenvalue weighted by Crippen LogP contribution is -2.01. The molecule has 3 heterocycles. The molecule has 6 nitrogen and oxygen atoms in total. The SMILES string of the molecule is c1ccc(-c2nc(-c3cc(-c4nc(-c5ccccc5)c5c(n4)oc4ccccc45)c4ccccc4c3)nc(-c3cc4ccccc4c4ccccc34)n2)cc1. The van der Waals surface area contributed by atoms with E-state index < -0.39 is 0 Å². The van der Waals surface area contributed by atoms with Crippen LogP contribution in [0.15, 0.2) is 180 Å². The summed E-state index contributed by atoms with van der Waals surface area (Å²) in [7, 11) is 0. The fraction of sp³-hybridized carbons (Fsp3) is 0. The van der Waals surface area contributed by atoms with Crippen molar-refractivity contribution < 1.29 is 4.42 Å². The molecule has 0 saturated carbocycles. The van der Waals surface area contributed by atoms with Crippen LogP contribution < -0.4 is 0 Å². The van der Waals surface area contributed by atoms with Crippen molar-refractivity contribution in [2.45, 2.75) is 0 Å². The lowest BCUT2D eigenvalue weighted by Gasteiger charge is -2.14. The molecule has 0 aliphatic heterocycles. The van der Waals surface area contributed by atoms with E-state index in [1.54, 1.807) is 0 Å². The molecule has 3 aromatic heterocycles. The smallest absolute Gasteiger partial charge is 0.231 e. The van der Waals surface area contributed by atoms with Crippen LogP contribution in [0.1, 0.15) is 0 Å². The van der Waals surface area contributed by atoms with Gasteiger partial charge in [-0.15, -0.1) is 0 Å². The fourth-order valence-electron chi connectivity index (χ4n) is 7.75. The molecule has 11 rings (SSSR count). The van der Waals surface area contributed by atoms with Gasteiger partial charge in [-0.2, -0.15) is 4.98 Å².